The number of rotatable bonds is 4. The number of hydrogen-bond acceptors (Lipinski definition) is 1. The second kappa shape index (κ2) is 4.75. The van der Waals surface area contributed by atoms with Crippen molar-refractivity contribution < 1.29 is 9.50 Å². The third kappa shape index (κ3) is 2.37. The Morgan fingerprint density at radius 2 is 1.93 bits per heavy atom. The van der Waals surface area contributed by atoms with E-state index in [1.807, 2.05) is 12.1 Å². The van der Waals surface area contributed by atoms with Crippen LogP contribution in [-0.2, 0) is 0 Å². The number of hydrogen-bond donors (Lipinski definition) is 1. The average molecular weight is 208 g/mol. The summed E-state index contributed by atoms with van der Waals surface area (Å²) >= 11 is 0. The molecule has 1 aliphatic carbocycles. The molecule has 1 aromatic carbocycles. The number of aliphatic hydroxyl groups excluding tert-OH is 1. The molecule has 0 heterocycles. The lowest BCUT2D eigenvalue weighted by molar-refractivity contribution is 0.206. The van der Waals surface area contributed by atoms with Crippen molar-refractivity contribution in [1.29, 1.82) is 0 Å². The van der Waals surface area contributed by atoms with Crippen LogP contribution in [0.5, 0.6) is 0 Å². The maximum absolute atomic E-state index is 12.8. The first-order valence-electron chi connectivity index (χ1n) is 5.67. The molecule has 0 aromatic heterocycles. The van der Waals surface area contributed by atoms with Gasteiger partial charge >= 0.3 is 0 Å². The smallest absolute Gasteiger partial charge is 0.123 e. The first-order valence-corrected chi connectivity index (χ1v) is 5.67. The summed E-state index contributed by atoms with van der Waals surface area (Å²) in [6, 6.07) is 6.73. The summed E-state index contributed by atoms with van der Waals surface area (Å²) in [5, 5.41) is 9.05. The molecule has 0 amide bonds. The average Bonchev–Trinajstić information content (AvgIpc) is 2.16. The predicted molar refractivity (Wildman–Crippen MR) is 58.2 cm³/mol. The first kappa shape index (κ1) is 10.6. The van der Waals surface area contributed by atoms with E-state index in [1.165, 1.54) is 37.0 Å². The predicted octanol–water partition coefficient (Wildman–Crippen LogP) is 3.09. The fourth-order valence-electron chi connectivity index (χ4n) is 2.37. The van der Waals surface area contributed by atoms with Gasteiger partial charge in [-0.15, -0.1) is 0 Å². The summed E-state index contributed by atoms with van der Waals surface area (Å²) in [5.74, 6) is 0.932. The molecule has 1 fully saturated rings. The van der Waals surface area contributed by atoms with Gasteiger partial charge in [-0.25, -0.2) is 4.39 Å². The van der Waals surface area contributed by atoms with Gasteiger partial charge in [0.05, 0.1) is 0 Å². The van der Waals surface area contributed by atoms with Crippen molar-refractivity contribution in [2.24, 2.45) is 5.92 Å². The van der Waals surface area contributed by atoms with Crippen LogP contribution >= 0.6 is 0 Å². The van der Waals surface area contributed by atoms with Crippen molar-refractivity contribution >= 4 is 0 Å². The Kier molecular flexibility index (Phi) is 3.37. The molecule has 0 spiro atoms. The Balaban J connectivity index is 2.12. The van der Waals surface area contributed by atoms with Crippen LogP contribution in [0.15, 0.2) is 24.3 Å². The van der Waals surface area contributed by atoms with Crippen LogP contribution in [0.3, 0.4) is 0 Å². The van der Waals surface area contributed by atoms with E-state index in [2.05, 4.69) is 0 Å². The Hall–Kier alpha value is -0.890. The molecular formula is C13H17FO. The van der Waals surface area contributed by atoms with Crippen LogP contribution < -0.4 is 0 Å². The van der Waals surface area contributed by atoms with Crippen molar-refractivity contribution in [1.82, 2.24) is 0 Å². The van der Waals surface area contributed by atoms with Crippen LogP contribution in [0.4, 0.5) is 4.39 Å². The molecule has 1 nitrogen and oxygen atoms in total. The SMILES string of the molecule is OCCC(c1ccc(F)cc1)C1CCC1. The molecular weight excluding hydrogens is 191 g/mol. The van der Waals surface area contributed by atoms with E-state index in [0.29, 0.717) is 11.8 Å². The van der Waals surface area contributed by atoms with E-state index in [-0.39, 0.29) is 12.4 Å². The molecule has 2 heteroatoms. The second-order valence-corrected chi connectivity index (χ2v) is 4.36. The molecule has 15 heavy (non-hydrogen) atoms. The Morgan fingerprint density at radius 1 is 1.27 bits per heavy atom. The van der Waals surface area contributed by atoms with E-state index in [1.54, 1.807) is 0 Å². The van der Waals surface area contributed by atoms with Crippen molar-refractivity contribution in [2.75, 3.05) is 6.61 Å². The summed E-state index contributed by atoms with van der Waals surface area (Å²) in [7, 11) is 0. The number of halogens is 1. The summed E-state index contributed by atoms with van der Waals surface area (Å²) in [6.45, 7) is 0.221. The van der Waals surface area contributed by atoms with E-state index in [0.717, 1.165) is 6.42 Å². The standard InChI is InChI=1S/C13H17FO/c14-12-6-4-11(5-7-12)13(8-9-15)10-2-1-3-10/h4-7,10,13,15H,1-3,8-9H2. The molecule has 2 rings (SSSR count). The maximum Gasteiger partial charge on any atom is 0.123 e. The van der Waals surface area contributed by atoms with Gasteiger partial charge < -0.3 is 5.11 Å². The fourth-order valence-corrected chi connectivity index (χ4v) is 2.37. The lowest BCUT2D eigenvalue weighted by Crippen LogP contribution is -2.21. The molecule has 0 radical (unpaired) electrons. The Morgan fingerprint density at radius 3 is 2.40 bits per heavy atom. The largest absolute Gasteiger partial charge is 0.396 e. The van der Waals surface area contributed by atoms with Crippen LogP contribution in [0.1, 0.15) is 37.2 Å². The van der Waals surface area contributed by atoms with Crippen molar-refractivity contribution in [3.63, 3.8) is 0 Å². The van der Waals surface area contributed by atoms with Gasteiger partial charge in [0.1, 0.15) is 5.82 Å². The Labute approximate surface area is 89.9 Å². The van der Waals surface area contributed by atoms with Gasteiger partial charge in [0.15, 0.2) is 0 Å². The van der Waals surface area contributed by atoms with E-state index >= 15 is 0 Å². The highest BCUT2D eigenvalue weighted by atomic mass is 19.1. The number of benzene rings is 1. The van der Waals surface area contributed by atoms with E-state index in [9.17, 15) is 4.39 Å². The highest BCUT2D eigenvalue weighted by Crippen LogP contribution is 2.41. The molecule has 1 unspecified atom stereocenters. The molecule has 82 valence electrons. The van der Waals surface area contributed by atoms with Gasteiger partial charge in [0.2, 0.25) is 0 Å². The highest BCUT2D eigenvalue weighted by molar-refractivity contribution is 5.21. The quantitative estimate of drug-likeness (QED) is 0.806. The molecule has 1 N–H and O–H groups in total. The third-order valence-corrected chi connectivity index (χ3v) is 3.46. The zero-order valence-corrected chi connectivity index (χ0v) is 8.82. The molecule has 0 aliphatic heterocycles. The molecule has 1 atom stereocenters. The first-order chi connectivity index (χ1) is 7.31. The van der Waals surface area contributed by atoms with Gasteiger partial charge in [-0.2, -0.15) is 0 Å². The van der Waals surface area contributed by atoms with Gasteiger partial charge in [0, 0.05) is 6.61 Å². The molecule has 0 saturated heterocycles. The summed E-state index contributed by atoms with van der Waals surface area (Å²) in [6.07, 6.45) is 4.61. The Bertz CT molecular complexity index is 303. The minimum Gasteiger partial charge on any atom is -0.396 e. The van der Waals surface area contributed by atoms with Crippen molar-refractivity contribution in [3.05, 3.63) is 35.6 Å². The zero-order chi connectivity index (χ0) is 10.7. The van der Waals surface area contributed by atoms with Crippen LogP contribution in [0.2, 0.25) is 0 Å². The van der Waals surface area contributed by atoms with Gasteiger partial charge in [-0.3, -0.25) is 0 Å². The van der Waals surface area contributed by atoms with Crippen LogP contribution in [0.25, 0.3) is 0 Å². The van der Waals surface area contributed by atoms with Crippen molar-refractivity contribution in [3.8, 4) is 0 Å². The van der Waals surface area contributed by atoms with Gasteiger partial charge in [-0.05, 0) is 48.8 Å². The maximum atomic E-state index is 12.8. The summed E-state index contributed by atoms with van der Waals surface area (Å²) < 4.78 is 12.8. The summed E-state index contributed by atoms with van der Waals surface area (Å²) in [5.41, 5.74) is 1.18. The lowest BCUT2D eigenvalue weighted by atomic mass is 9.72. The highest BCUT2D eigenvalue weighted by Gasteiger charge is 2.27. The monoisotopic (exact) mass is 208 g/mol. The fraction of sp³-hybridized carbons (Fsp3) is 0.538. The number of aliphatic hydroxyl groups is 1. The normalized spacial score (nSPS) is 18.5. The van der Waals surface area contributed by atoms with Crippen LogP contribution in [-0.4, -0.2) is 11.7 Å². The molecule has 1 aromatic rings. The van der Waals surface area contributed by atoms with Crippen molar-refractivity contribution in [2.45, 2.75) is 31.6 Å². The molecule has 1 saturated carbocycles. The van der Waals surface area contributed by atoms with E-state index in [4.69, 9.17) is 5.11 Å². The minimum atomic E-state index is -0.185. The molecule has 0 bridgehead atoms. The minimum absolute atomic E-state index is 0.185. The lowest BCUT2D eigenvalue weighted by Gasteiger charge is -2.34. The topological polar surface area (TPSA) is 20.2 Å². The zero-order valence-electron chi connectivity index (χ0n) is 8.82. The molecule has 1 aliphatic rings. The summed E-state index contributed by atoms with van der Waals surface area (Å²) in [4.78, 5) is 0. The van der Waals surface area contributed by atoms with Gasteiger partial charge in [-0.1, -0.05) is 18.6 Å². The van der Waals surface area contributed by atoms with Crippen LogP contribution in [0, 0.1) is 11.7 Å². The third-order valence-electron chi connectivity index (χ3n) is 3.46. The second-order valence-electron chi connectivity index (χ2n) is 4.36. The van der Waals surface area contributed by atoms with Gasteiger partial charge in [0.25, 0.3) is 0 Å². The van der Waals surface area contributed by atoms with E-state index < -0.39 is 0 Å².